The van der Waals surface area contributed by atoms with E-state index >= 15 is 0 Å². The third-order valence-electron chi connectivity index (χ3n) is 8.17. The maximum Gasteiger partial charge on any atom is 0.338 e. The Balaban J connectivity index is 1.50. The van der Waals surface area contributed by atoms with Crippen LogP contribution in [0.1, 0.15) is 71.2 Å². The molecule has 3 aromatic heterocycles. The number of esters is 1. The highest BCUT2D eigenvalue weighted by atomic mass is 32.1. The number of hydrogen-bond donors (Lipinski definition) is 0. The van der Waals surface area contributed by atoms with E-state index in [0.717, 1.165) is 58.8 Å². The number of fused-ring (bicyclic) bond motifs is 2. The van der Waals surface area contributed by atoms with Gasteiger partial charge < -0.3 is 14.0 Å². The van der Waals surface area contributed by atoms with E-state index in [-0.39, 0.29) is 12.2 Å². The summed E-state index contributed by atoms with van der Waals surface area (Å²) in [6.07, 6.45) is 6.14. The maximum absolute atomic E-state index is 14.1. The van der Waals surface area contributed by atoms with Gasteiger partial charge in [-0.05, 0) is 94.3 Å². The van der Waals surface area contributed by atoms with E-state index < -0.39 is 12.0 Å². The second-order valence-corrected chi connectivity index (χ2v) is 12.8. The highest BCUT2D eigenvalue weighted by molar-refractivity contribution is 7.15. The summed E-state index contributed by atoms with van der Waals surface area (Å²) in [6.45, 7) is 7.81. The number of aromatic nitrogens is 2. The number of carbonyl (C=O) groups excluding carboxylic acids is 1. The fraction of sp³-hybridized carbons (Fsp3) is 0.333. The number of thiazole rings is 1. The van der Waals surface area contributed by atoms with Crippen LogP contribution in [0.4, 0.5) is 0 Å². The first kappa shape index (κ1) is 28.9. The largest absolute Gasteiger partial charge is 0.497 e. The number of allylic oxidation sites excluding steroid dienone is 1. The van der Waals surface area contributed by atoms with Crippen LogP contribution in [-0.4, -0.2) is 28.8 Å². The minimum absolute atomic E-state index is 0.214. The molecule has 0 radical (unpaired) electrons. The fourth-order valence-electron chi connectivity index (χ4n) is 6.10. The SMILES string of the molecule is CCOC(=O)C1=C(C)N=c2s/c(=C/c3cc(C)n(-c4sc5c(c4C#N)CCCC5)c3C)c(=O)n2[C@@H]1c1ccc(OC)cc1. The van der Waals surface area contributed by atoms with Crippen molar-refractivity contribution in [3.8, 4) is 16.8 Å². The van der Waals surface area contributed by atoms with Crippen molar-refractivity contribution in [3.05, 3.63) is 99.8 Å². The summed E-state index contributed by atoms with van der Waals surface area (Å²) in [5.74, 6) is 0.186. The number of nitrogens with zero attached hydrogens (tertiary/aromatic N) is 4. The first-order chi connectivity index (χ1) is 20.8. The number of carbonyl (C=O) groups is 1. The van der Waals surface area contributed by atoms with Crippen molar-refractivity contribution in [1.82, 2.24) is 9.13 Å². The van der Waals surface area contributed by atoms with Gasteiger partial charge in [-0.3, -0.25) is 9.36 Å². The third kappa shape index (κ3) is 4.86. The molecule has 4 aromatic rings. The summed E-state index contributed by atoms with van der Waals surface area (Å²) in [7, 11) is 1.59. The van der Waals surface area contributed by atoms with Crippen molar-refractivity contribution < 1.29 is 14.3 Å². The Morgan fingerprint density at radius 2 is 1.91 bits per heavy atom. The van der Waals surface area contributed by atoms with Crippen LogP contribution in [0, 0.1) is 25.2 Å². The molecule has 43 heavy (non-hydrogen) atoms. The summed E-state index contributed by atoms with van der Waals surface area (Å²) in [5, 5.41) is 11.0. The third-order valence-corrected chi connectivity index (χ3v) is 10.4. The Morgan fingerprint density at radius 1 is 1.16 bits per heavy atom. The number of hydrogen-bond acceptors (Lipinski definition) is 8. The van der Waals surface area contributed by atoms with Gasteiger partial charge in [0.2, 0.25) is 0 Å². The molecule has 0 N–H and O–H groups in total. The van der Waals surface area contributed by atoms with Crippen LogP contribution < -0.4 is 19.6 Å². The molecule has 0 unspecified atom stereocenters. The highest BCUT2D eigenvalue weighted by Crippen LogP contribution is 2.38. The van der Waals surface area contributed by atoms with Gasteiger partial charge >= 0.3 is 5.97 Å². The van der Waals surface area contributed by atoms with E-state index in [1.807, 2.05) is 44.2 Å². The Labute approximate surface area is 257 Å². The predicted octanol–water partition coefficient (Wildman–Crippen LogP) is 5.03. The zero-order valence-electron chi connectivity index (χ0n) is 24.8. The van der Waals surface area contributed by atoms with E-state index in [9.17, 15) is 14.9 Å². The van der Waals surface area contributed by atoms with E-state index in [4.69, 9.17) is 14.5 Å². The second-order valence-electron chi connectivity index (χ2n) is 10.7. The van der Waals surface area contributed by atoms with Crippen molar-refractivity contribution >= 4 is 34.7 Å². The average molecular weight is 613 g/mol. The van der Waals surface area contributed by atoms with Crippen LogP contribution in [0.3, 0.4) is 0 Å². The first-order valence-corrected chi connectivity index (χ1v) is 16.0. The zero-order chi connectivity index (χ0) is 30.4. The summed E-state index contributed by atoms with van der Waals surface area (Å²) in [6, 6.07) is 11.2. The molecule has 10 heteroatoms. The van der Waals surface area contributed by atoms with Crippen LogP contribution in [-0.2, 0) is 22.4 Å². The molecule has 1 aliphatic heterocycles. The molecule has 4 heterocycles. The molecule has 0 spiro atoms. The van der Waals surface area contributed by atoms with Crippen molar-refractivity contribution in [3.63, 3.8) is 0 Å². The number of methoxy groups -OCH3 is 1. The average Bonchev–Trinajstić information content (AvgIpc) is 3.61. The van der Waals surface area contributed by atoms with Gasteiger partial charge in [0.05, 0.1) is 41.1 Å². The molecule has 0 saturated carbocycles. The van der Waals surface area contributed by atoms with Crippen LogP contribution in [0.25, 0.3) is 11.1 Å². The molecule has 2 aliphatic rings. The minimum atomic E-state index is -0.689. The molecule has 220 valence electrons. The van der Waals surface area contributed by atoms with Crippen LogP contribution in [0.5, 0.6) is 5.75 Å². The van der Waals surface area contributed by atoms with Gasteiger partial charge in [0.25, 0.3) is 5.56 Å². The standard InChI is InChI=1S/C33H32N4O4S2/c1-6-41-32(39)28-19(3)35-33-37(29(28)21-11-13-23(40-5)14-12-21)30(38)27(43-33)16-22-15-18(2)36(20(22)4)31-25(17-34)24-9-7-8-10-26(24)42-31/h11-16,29H,6-10H2,1-5H3/b27-16+/t29-/m1/s1. The maximum atomic E-state index is 14.1. The van der Waals surface area contributed by atoms with Gasteiger partial charge in [0.1, 0.15) is 16.8 Å². The summed E-state index contributed by atoms with van der Waals surface area (Å²) in [4.78, 5) is 33.8. The monoisotopic (exact) mass is 612 g/mol. The number of thiophene rings is 1. The molecular formula is C33H32N4O4S2. The van der Waals surface area contributed by atoms with E-state index in [0.29, 0.717) is 26.4 Å². The molecule has 0 bridgehead atoms. The summed E-state index contributed by atoms with van der Waals surface area (Å²) >= 11 is 3.01. The molecule has 1 aliphatic carbocycles. The summed E-state index contributed by atoms with van der Waals surface area (Å²) < 4.78 is 15.0. The number of rotatable bonds is 6. The number of aryl methyl sites for hydroxylation is 2. The first-order valence-electron chi connectivity index (χ1n) is 14.3. The second kappa shape index (κ2) is 11.5. The van der Waals surface area contributed by atoms with Crippen LogP contribution in [0.2, 0.25) is 0 Å². The Morgan fingerprint density at radius 3 is 2.60 bits per heavy atom. The van der Waals surface area contributed by atoms with Crippen LogP contribution in [0.15, 0.2) is 51.4 Å². The lowest BCUT2D eigenvalue weighted by Crippen LogP contribution is -2.39. The normalized spacial score (nSPS) is 16.4. The quantitative estimate of drug-likeness (QED) is 0.285. The van der Waals surface area contributed by atoms with Gasteiger partial charge in [-0.25, -0.2) is 9.79 Å². The molecule has 1 aromatic carbocycles. The van der Waals surface area contributed by atoms with Gasteiger partial charge in [0.15, 0.2) is 4.80 Å². The van der Waals surface area contributed by atoms with E-state index in [1.54, 1.807) is 36.9 Å². The molecule has 0 fully saturated rings. The fourth-order valence-corrected chi connectivity index (χ4v) is 8.59. The lowest BCUT2D eigenvalue weighted by molar-refractivity contribution is -0.139. The topological polar surface area (TPSA) is 98.6 Å². The molecule has 0 saturated heterocycles. The Bertz CT molecular complexity index is 2020. The summed E-state index contributed by atoms with van der Waals surface area (Å²) in [5.41, 5.74) is 6.24. The molecule has 1 atom stereocenters. The van der Waals surface area contributed by atoms with Crippen molar-refractivity contribution in [2.75, 3.05) is 13.7 Å². The predicted molar refractivity (Wildman–Crippen MR) is 168 cm³/mol. The smallest absolute Gasteiger partial charge is 0.338 e. The lowest BCUT2D eigenvalue weighted by Gasteiger charge is -2.24. The lowest BCUT2D eigenvalue weighted by atomic mass is 9.96. The zero-order valence-corrected chi connectivity index (χ0v) is 26.4. The Kier molecular flexibility index (Phi) is 7.71. The van der Waals surface area contributed by atoms with Gasteiger partial charge in [-0.1, -0.05) is 23.5 Å². The molecule has 6 rings (SSSR count). The van der Waals surface area contributed by atoms with E-state index in [2.05, 4.69) is 16.7 Å². The van der Waals surface area contributed by atoms with Gasteiger partial charge in [0, 0.05) is 16.3 Å². The van der Waals surface area contributed by atoms with Gasteiger partial charge in [-0.15, -0.1) is 11.3 Å². The highest BCUT2D eigenvalue weighted by Gasteiger charge is 2.33. The molecular weight excluding hydrogens is 581 g/mol. The number of ether oxygens (including phenoxy) is 2. The van der Waals surface area contributed by atoms with E-state index in [1.165, 1.54) is 21.8 Å². The van der Waals surface area contributed by atoms with Crippen molar-refractivity contribution in [2.24, 2.45) is 4.99 Å². The number of nitriles is 1. The Hall–Kier alpha value is -4.20. The molecule has 8 nitrogen and oxygen atoms in total. The molecule has 0 amide bonds. The van der Waals surface area contributed by atoms with Crippen LogP contribution >= 0.6 is 22.7 Å². The van der Waals surface area contributed by atoms with Crippen molar-refractivity contribution in [1.29, 1.82) is 5.26 Å². The van der Waals surface area contributed by atoms with Gasteiger partial charge in [-0.2, -0.15) is 5.26 Å². The number of benzene rings is 1. The minimum Gasteiger partial charge on any atom is -0.497 e. The van der Waals surface area contributed by atoms with Crippen molar-refractivity contribution in [2.45, 2.75) is 59.4 Å².